The normalized spacial score (nSPS) is 11.3. The van der Waals surface area contributed by atoms with Crippen LogP contribution >= 0.6 is 0 Å². The summed E-state index contributed by atoms with van der Waals surface area (Å²) in [5, 5.41) is 0. The highest BCUT2D eigenvalue weighted by molar-refractivity contribution is 7.92. The number of pyridine rings is 1. The molecule has 0 unspecified atom stereocenters. The fourth-order valence-corrected chi connectivity index (χ4v) is 2.35. The lowest BCUT2D eigenvalue weighted by Crippen LogP contribution is -2.31. The van der Waals surface area contributed by atoms with Gasteiger partial charge in [-0.1, -0.05) is 0 Å². The molecule has 78 valence electrons. The van der Waals surface area contributed by atoms with Gasteiger partial charge in [0.1, 0.15) is 0 Å². The third-order valence-corrected chi connectivity index (χ3v) is 3.81. The van der Waals surface area contributed by atoms with Crippen LogP contribution in [0.1, 0.15) is 13.8 Å². The van der Waals surface area contributed by atoms with E-state index in [0.29, 0.717) is 12.2 Å². The summed E-state index contributed by atoms with van der Waals surface area (Å²) < 4.78 is 24.7. The summed E-state index contributed by atoms with van der Waals surface area (Å²) >= 11 is 0. The van der Waals surface area contributed by atoms with Gasteiger partial charge in [0.15, 0.2) is 0 Å². The number of hydrogen-bond donors (Lipinski definition) is 0. The second-order valence-corrected chi connectivity index (χ2v) is 4.95. The van der Waals surface area contributed by atoms with Crippen molar-refractivity contribution in [3.63, 3.8) is 0 Å². The molecular weight excluding hydrogens is 200 g/mol. The first kappa shape index (κ1) is 11.0. The number of sulfonamides is 1. The van der Waals surface area contributed by atoms with Gasteiger partial charge in [0.05, 0.1) is 11.4 Å². The molecule has 5 heteroatoms. The smallest absolute Gasteiger partial charge is 0.234 e. The zero-order valence-electron chi connectivity index (χ0n) is 8.34. The van der Waals surface area contributed by atoms with E-state index in [1.54, 1.807) is 31.5 Å². The van der Waals surface area contributed by atoms with Crippen LogP contribution in [-0.4, -0.2) is 25.7 Å². The van der Waals surface area contributed by atoms with Crippen molar-refractivity contribution in [2.45, 2.75) is 13.8 Å². The van der Waals surface area contributed by atoms with Crippen molar-refractivity contribution in [3.8, 4) is 0 Å². The fraction of sp³-hybridized carbons (Fsp3) is 0.444. The van der Waals surface area contributed by atoms with E-state index in [2.05, 4.69) is 4.98 Å². The average Bonchev–Trinajstić information content (AvgIpc) is 2.20. The molecule has 1 heterocycles. The highest BCUT2D eigenvalue weighted by atomic mass is 32.2. The van der Waals surface area contributed by atoms with Gasteiger partial charge < -0.3 is 0 Å². The molecule has 0 aliphatic heterocycles. The summed E-state index contributed by atoms with van der Waals surface area (Å²) in [6, 6.07) is 3.38. The van der Waals surface area contributed by atoms with Crippen LogP contribution < -0.4 is 4.31 Å². The van der Waals surface area contributed by atoms with E-state index in [-0.39, 0.29) is 5.75 Å². The van der Waals surface area contributed by atoms with Crippen molar-refractivity contribution < 1.29 is 8.42 Å². The fourth-order valence-electron chi connectivity index (χ4n) is 1.21. The van der Waals surface area contributed by atoms with Gasteiger partial charge in [0.25, 0.3) is 0 Å². The zero-order valence-corrected chi connectivity index (χ0v) is 9.16. The van der Waals surface area contributed by atoms with Gasteiger partial charge in [-0.2, -0.15) is 0 Å². The van der Waals surface area contributed by atoms with Gasteiger partial charge in [-0.3, -0.25) is 9.29 Å². The minimum absolute atomic E-state index is 0.114. The maximum absolute atomic E-state index is 11.6. The first-order valence-electron chi connectivity index (χ1n) is 4.52. The largest absolute Gasteiger partial charge is 0.270 e. The van der Waals surface area contributed by atoms with Gasteiger partial charge in [0.2, 0.25) is 10.0 Å². The van der Waals surface area contributed by atoms with Crippen LogP contribution in [0.3, 0.4) is 0 Å². The molecule has 0 saturated carbocycles. The molecule has 0 amide bonds. The molecule has 1 aromatic rings. The van der Waals surface area contributed by atoms with E-state index < -0.39 is 10.0 Å². The highest BCUT2D eigenvalue weighted by Gasteiger charge is 2.17. The zero-order chi connectivity index (χ0) is 10.6. The molecule has 4 nitrogen and oxygen atoms in total. The number of anilines is 1. The first-order valence-corrected chi connectivity index (χ1v) is 6.13. The molecule has 1 aromatic heterocycles. The molecular formula is C9H14N2O2S. The average molecular weight is 214 g/mol. The monoisotopic (exact) mass is 214 g/mol. The first-order chi connectivity index (χ1) is 6.61. The summed E-state index contributed by atoms with van der Waals surface area (Å²) in [7, 11) is -3.16. The molecule has 0 fully saturated rings. The maximum Gasteiger partial charge on any atom is 0.234 e. The van der Waals surface area contributed by atoms with E-state index in [1.807, 2.05) is 6.92 Å². The minimum Gasteiger partial charge on any atom is -0.270 e. The van der Waals surface area contributed by atoms with Gasteiger partial charge in [-0.15, -0.1) is 0 Å². The Labute approximate surface area is 84.6 Å². The Morgan fingerprint density at radius 3 is 2.29 bits per heavy atom. The Kier molecular flexibility index (Phi) is 3.46. The molecule has 1 rings (SSSR count). The number of rotatable bonds is 4. The molecule has 0 radical (unpaired) electrons. The Bertz CT molecular complexity index is 375. The van der Waals surface area contributed by atoms with Crippen molar-refractivity contribution in [3.05, 3.63) is 24.5 Å². The SMILES string of the molecule is CCN(c1ccncc1)S(=O)(=O)CC. The predicted octanol–water partition coefficient (Wildman–Crippen LogP) is 1.26. The number of aromatic nitrogens is 1. The molecule has 0 aliphatic carbocycles. The van der Waals surface area contributed by atoms with Gasteiger partial charge in [0, 0.05) is 18.9 Å². The highest BCUT2D eigenvalue weighted by Crippen LogP contribution is 2.16. The number of nitrogens with zero attached hydrogens (tertiary/aromatic N) is 2. The Balaban J connectivity index is 3.06. The van der Waals surface area contributed by atoms with Crippen molar-refractivity contribution >= 4 is 15.7 Å². The predicted molar refractivity (Wildman–Crippen MR) is 56.7 cm³/mol. The number of hydrogen-bond acceptors (Lipinski definition) is 3. The molecule has 0 bridgehead atoms. The van der Waals surface area contributed by atoms with Gasteiger partial charge in [-0.05, 0) is 26.0 Å². The van der Waals surface area contributed by atoms with Crippen LogP contribution in [0.25, 0.3) is 0 Å². The Morgan fingerprint density at radius 2 is 1.86 bits per heavy atom. The van der Waals surface area contributed by atoms with Crippen LogP contribution in [0, 0.1) is 0 Å². The van der Waals surface area contributed by atoms with Crippen LogP contribution in [0.2, 0.25) is 0 Å². The summed E-state index contributed by atoms with van der Waals surface area (Å²) in [6.45, 7) is 3.90. The van der Waals surface area contributed by atoms with E-state index >= 15 is 0 Å². The standard InChI is InChI=1S/C9H14N2O2S/c1-3-11(14(12,13)4-2)9-5-7-10-8-6-9/h5-8H,3-4H2,1-2H3. The van der Waals surface area contributed by atoms with Gasteiger partial charge in [-0.25, -0.2) is 8.42 Å². The second kappa shape index (κ2) is 4.41. The van der Waals surface area contributed by atoms with Crippen molar-refractivity contribution in [2.24, 2.45) is 0 Å². The third kappa shape index (κ3) is 2.23. The maximum atomic E-state index is 11.6. The molecule has 0 atom stereocenters. The van der Waals surface area contributed by atoms with Crippen LogP contribution in [0.5, 0.6) is 0 Å². The summed E-state index contributed by atoms with van der Waals surface area (Å²) in [5.74, 6) is 0.114. The van der Waals surface area contributed by atoms with E-state index in [4.69, 9.17) is 0 Å². The van der Waals surface area contributed by atoms with Crippen molar-refractivity contribution in [1.82, 2.24) is 4.98 Å². The molecule has 14 heavy (non-hydrogen) atoms. The second-order valence-electron chi connectivity index (χ2n) is 2.77. The summed E-state index contributed by atoms with van der Waals surface area (Å²) in [4.78, 5) is 3.85. The Hall–Kier alpha value is -1.10. The quantitative estimate of drug-likeness (QED) is 0.758. The van der Waals surface area contributed by atoms with Crippen LogP contribution in [0.4, 0.5) is 5.69 Å². The van der Waals surface area contributed by atoms with E-state index in [9.17, 15) is 8.42 Å². The topological polar surface area (TPSA) is 50.3 Å². The third-order valence-electron chi connectivity index (χ3n) is 1.94. The minimum atomic E-state index is -3.16. The lowest BCUT2D eigenvalue weighted by Gasteiger charge is -2.21. The molecule has 0 spiro atoms. The van der Waals surface area contributed by atoms with E-state index in [1.165, 1.54) is 4.31 Å². The summed E-state index contributed by atoms with van der Waals surface area (Å²) in [6.07, 6.45) is 3.17. The lowest BCUT2D eigenvalue weighted by molar-refractivity contribution is 0.593. The van der Waals surface area contributed by atoms with Crippen molar-refractivity contribution in [1.29, 1.82) is 0 Å². The van der Waals surface area contributed by atoms with Crippen molar-refractivity contribution in [2.75, 3.05) is 16.6 Å². The molecule has 0 N–H and O–H groups in total. The van der Waals surface area contributed by atoms with Crippen LogP contribution in [-0.2, 0) is 10.0 Å². The van der Waals surface area contributed by atoms with Crippen LogP contribution in [0.15, 0.2) is 24.5 Å². The molecule has 0 aliphatic rings. The molecule has 0 aromatic carbocycles. The van der Waals surface area contributed by atoms with Gasteiger partial charge >= 0.3 is 0 Å². The lowest BCUT2D eigenvalue weighted by atomic mass is 10.4. The van der Waals surface area contributed by atoms with E-state index in [0.717, 1.165) is 0 Å². The Morgan fingerprint density at radius 1 is 1.29 bits per heavy atom. The molecule has 0 saturated heterocycles. The summed E-state index contributed by atoms with van der Waals surface area (Å²) in [5.41, 5.74) is 0.671.